The van der Waals surface area contributed by atoms with Crippen LogP contribution in [-0.2, 0) is 7.05 Å². The molecule has 3 aromatic carbocycles. The molecule has 1 N–H and O–H groups in total. The van der Waals surface area contributed by atoms with E-state index in [1.165, 1.54) is 5.56 Å². The average Bonchev–Trinajstić information content (AvgIpc) is 3.33. The molecule has 0 fully saturated rings. The maximum absolute atomic E-state index is 13.1. The Morgan fingerprint density at radius 3 is 2.50 bits per heavy atom. The van der Waals surface area contributed by atoms with Crippen molar-refractivity contribution >= 4 is 11.0 Å². The van der Waals surface area contributed by atoms with E-state index in [1.54, 1.807) is 15.5 Å². The molecule has 5 nitrogen and oxygen atoms in total. The fourth-order valence-electron chi connectivity index (χ4n) is 4.07. The average molecular weight is 394 g/mol. The normalized spacial score (nSPS) is 11.3. The van der Waals surface area contributed by atoms with E-state index in [1.807, 2.05) is 56.4 Å². The summed E-state index contributed by atoms with van der Waals surface area (Å²) in [6, 6.07) is 22.4. The minimum Gasteiger partial charge on any atom is -0.344 e. The summed E-state index contributed by atoms with van der Waals surface area (Å²) in [5, 5.41) is 0. The molecule has 2 aromatic heterocycles. The molecule has 0 bridgehead atoms. The van der Waals surface area contributed by atoms with Crippen LogP contribution >= 0.6 is 0 Å². The first-order chi connectivity index (χ1) is 14.5. The molecule has 5 aromatic rings. The number of para-hydroxylation sites is 1. The Labute approximate surface area is 174 Å². The first-order valence-corrected chi connectivity index (χ1v) is 9.93. The van der Waals surface area contributed by atoms with E-state index >= 15 is 0 Å². The molecule has 0 amide bonds. The number of fused-ring (bicyclic) bond motifs is 1. The van der Waals surface area contributed by atoms with E-state index in [2.05, 4.69) is 41.2 Å². The van der Waals surface area contributed by atoms with Crippen molar-refractivity contribution < 1.29 is 0 Å². The second kappa shape index (κ2) is 6.88. The minimum absolute atomic E-state index is 0.0556. The largest absolute Gasteiger partial charge is 0.344 e. The van der Waals surface area contributed by atoms with Gasteiger partial charge in [0.15, 0.2) is 0 Å². The van der Waals surface area contributed by atoms with Gasteiger partial charge in [-0.2, -0.15) is 0 Å². The van der Waals surface area contributed by atoms with Crippen LogP contribution in [0.2, 0.25) is 0 Å². The number of H-pyrrole nitrogens is 1. The number of benzene rings is 3. The smallest absolute Gasteiger partial charge is 0.333 e. The molecule has 2 heterocycles. The van der Waals surface area contributed by atoms with Crippen LogP contribution in [0.25, 0.3) is 39.2 Å². The molecule has 0 atom stereocenters. The van der Waals surface area contributed by atoms with Gasteiger partial charge < -0.3 is 4.98 Å². The van der Waals surface area contributed by atoms with Crippen molar-refractivity contribution in [3.05, 3.63) is 94.7 Å². The van der Waals surface area contributed by atoms with E-state index in [9.17, 15) is 4.79 Å². The van der Waals surface area contributed by atoms with E-state index in [0.717, 1.165) is 44.8 Å². The highest BCUT2D eigenvalue weighted by molar-refractivity contribution is 5.87. The van der Waals surface area contributed by atoms with Crippen LogP contribution in [0.4, 0.5) is 0 Å². The van der Waals surface area contributed by atoms with Crippen molar-refractivity contribution in [2.45, 2.75) is 13.8 Å². The lowest BCUT2D eigenvalue weighted by atomic mass is 10.0. The summed E-state index contributed by atoms with van der Waals surface area (Å²) in [7, 11) is 1.82. The van der Waals surface area contributed by atoms with Crippen molar-refractivity contribution in [1.82, 2.24) is 19.1 Å². The number of aryl methyl sites for hydroxylation is 3. The molecular formula is C25H22N4O. The summed E-state index contributed by atoms with van der Waals surface area (Å²) < 4.78 is 3.48. The fraction of sp³-hybridized carbons (Fsp3) is 0.120. The second-order valence-electron chi connectivity index (χ2n) is 7.66. The molecule has 0 spiro atoms. The number of nitrogens with one attached hydrogen (secondary N) is 1. The van der Waals surface area contributed by atoms with Gasteiger partial charge in [-0.3, -0.25) is 9.13 Å². The summed E-state index contributed by atoms with van der Waals surface area (Å²) in [6.45, 7) is 4.10. The summed E-state index contributed by atoms with van der Waals surface area (Å²) >= 11 is 0. The molecule has 0 aliphatic rings. The first kappa shape index (κ1) is 18.2. The van der Waals surface area contributed by atoms with Crippen LogP contribution in [0.1, 0.15) is 11.1 Å². The third kappa shape index (κ3) is 2.78. The van der Waals surface area contributed by atoms with E-state index < -0.39 is 0 Å². The number of rotatable bonds is 3. The minimum atomic E-state index is -0.0556. The summed E-state index contributed by atoms with van der Waals surface area (Å²) in [4.78, 5) is 20.9. The lowest BCUT2D eigenvalue weighted by molar-refractivity contribution is 0.844. The number of aromatic nitrogens is 4. The number of nitrogens with zero attached hydrogens (tertiary/aromatic N) is 3. The zero-order chi connectivity index (χ0) is 20.8. The number of imidazole rings is 2. The second-order valence-corrected chi connectivity index (χ2v) is 7.66. The maximum Gasteiger partial charge on any atom is 0.333 e. The Morgan fingerprint density at radius 2 is 1.70 bits per heavy atom. The van der Waals surface area contributed by atoms with Gasteiger partial charge in [0.2, 0.25) is 0 Å². The molecule has 30 heavy (non-hydrogen) atoms. The Balaban J connectivity index is 1.70. The Hall–Kier alpha value is -3.86. The topological polar surface area (TPSA) is 55.6 Å². The van der Waals surface area contributed by atoms with E-state index in [4.69, 9.17) is 0 Å². The summed E-state index contributed by atoms with van der Waals surface area (Å²) in [5.41, 5.74) is 8.78. The van der Waals surface area contributed by atoms with Gasteiger partial charge in [-0.1, -0.05) is 48.0 Å². The first-order valence-electron chi connectivity index (χ1n) is 9.93. The maximum atomic E-state index is 13.1. The van der Waals surface area contributed by atoms with Gasteiger partial charge in [-0.05, 0) is 43.7 Å². The summed E-state index contributed by atoms with van der Waals surface area (Å²) in [6.07, 6.45) is 1.72. The molecule has 148 valence electrons. The van der Waals surface area contributed by atoms with Crippen molar-refractivity contribution in [1.29, 1.82) is 0 Å². The Bertz CT molecular complexity index is 1450. The number of hydrogen-bond acceptors (Lipinski definition) is 2. The van der Waals surface area contributed by atoms with Crippen LogP contribution in [0.3, 0.4) is 0 Å². The van der Waals surface area contributed by atoms with Gasteiger partial charge in [0.05, 0.1) is 34.4 Å². The predicted octanol–water partition coefficient (Wildman–Crippen LogP) is 5.00. The van der Waals surface area contributed by atoms with Crippen molar-refractivity contribution in [3.63, 3.8) is 0 Å². The zero-order valence-electron chi connectivity index (χ0n) is 17.2. The van der Waals surface area contributed by atoms with Gasteiger partial charge in [0.25, 0.3) is 0 Å². The number of hydrogen-bond donors (Lipinski definition) is 1. The highest BCUT2D eigenvalue weighted by Crippen LogP contribution is 2.31. The molecule has 5 heteroatoms. The van der Waals surface area contributed by atoms with Gasteiger partial charge in [0, 0.05) is 18.2 Å². The van der Waals surface area contributed by atoms with Crippen LogP contribution in [0.15, 0.2) is 77.9 Å². The molecule has 0 radical (unpaired) electrons. The SMILES string of the molecule is Cc1cccc(-c2nc[nH]c2-c2ccc3c(c2)n(C)c(=O)n3-c2ccccc2C)c1. The quantitative estimate of drug-likeness (QED) is 0.468. The molecular weight excluding hydrogens is 372 g/mol. The summed E-state index contributed by atoms with van der Waals surface area (Å²) in [5.74, 6) is 0. The van der Waals surface area contributed by atoms with E-state index in [0.29, 0.717) is 0 Å². The molecule has 0 unspecified atom stereocenters. The highest BCUT2D eigenvalue weighted by atomic mass is 16.1. The van der Waals surface area contributed by atoms with Crippen LogP contribution in [-0.4, -0.2) is 19.1 Å². The third-order valence-electron chi connectivity index (χ3n) is 5.63. The molecule has 0 aliphatic heterocycles. The van der Waals surface area contributed by atoms with Crippen molar-refractivity contribution in [2.24, 2.45) is 7.05 Å². The molecule has 0 aliphatic carbocycles. The monoisotopic (exact) mass is 394 g/mol. The van der Waals surface area contributed by atoms with Crippen LogP contribution in [0.5, 0.6) is 0 Å². The van der Waals surface area contributed by atoms with E-state index in [-0.39, 0.29) is 5.69 Å². The lowest BCUT2D eigenvalue weighted by Crippen LogP contribution is -2.21. The van der Waals surface area contributed by atoms with Crippen molar-refractivity contribution in [2.75, 3.05) is 0 Å². The van der Waals surface area contributed by atoms with Crippen LogP contribution < -0.4 is 5.69 Å². The number of aromatic amines is 1. The predicted molar refractivity (Wildman–Crippen MR) is 121 cm³/mol. The van der Waals surface area contributed by atoms with Gasteiger partial charge >= 0.3 is 5.69 Å². The Morgan fingerprint density at radius 1 is 0.867 bits per heavy atom. The zero-order valence-corrected chi connectivity index (χ0v) is 17.2. The lowest BCUT2D eigenvalue weighted by Gasteiger charge is -2.08. The van der Waals surface area contributed by atoms with Gasteiger partial charge in [0.1, 0.15) is 0 Å². The van der Waals surface area contributed by atoms with Crippen molar-refractivity contribution in [3.8, 4) is 28.2 Å². The van der Waals surface area contributed by atoms with Crippen LogP contribution in [0, 0.1) is 13.8 Å². The van der Waals surface area contributed by atoms with Gasteiger partial charge in [-0.15, -0.1) is 0 Å². The standard InChI is InChI=1S/C25H22N4O/c1-16-7-6-9-18(13-16)23-24(27-15-26-23)19-11-12-21-22(14-19)28(3)25(30)29(21)20-10-5-4-8-17(20)2/h4-15H,1-3H3,(H,26,27). The Kier molecular flexibility index (Phi) is 4.17. The third-order valence-corrected chi connectivity index (χ3v) is 5.63. The molecule has 0 saturated heterocycles. The molecule has 5 rings (SSSR count). The fourth-order valence-corrected chi connectivity index (χ4v) is 4.07. The molecule has 0 saturated carbocycles. The van der Waals surface area contributed by atoms with Gasteiger partial charge in [-0.25, -0.2) is 9.78 Å². The highest BCUT2D eigenvalue weighted by Gasteiger charge is 2.17.